The van der Waals surface area contributed by atoms with Gasteiger partial charge in [0.1, 0.15) is 0 Å². The van der Waals surface area contributed by atoms with E-state index >= 15 is 0 Å². The Balaban J connectivity index is 1.99. The highest BCUT2D eigenvalue weighted by Crippen LogP contribution is 2.22. The molecule has 0 aliphatic heterocycles. The number of hydrogen-bond donors (Lipinski definition) is 0. The van der Waals surface area contributed by atoms with Crippen molar-refractivity contribution in [3.05, 3.63) is 51.1 Å². The quantitative estimate of drug-likeness (QED) is 0.729. The summed E-state index contributed by atoms with van der Waals surface area (Å²) < 4.78 is 32.9. The van der Waals surface area contributed by atoms with Gasteiger partial charge in [0.2, 0.25) is 10.0 Å². The third kappa shape index (κ3) is 2.49. The molecule has 0 bridgehead atoms. The molecular weight excluding hydrogens is 324 g/mol. The molecule has 0 spiro atoms. The van der Waals surface area contributed by atoms with Gasteiger partial charge in [0.25, 0.3) is 0 Å². The summed E-state index contributed by atoms with van der Waals surface area (Å²) in [5.41, 5.74) is 0.822. The highest BCUT2D eigenvalue weighted by molar-refractivity contribution is 7.89. The van der Waals surface area contributed by atoms with Crippen LogP contribution in [0.5, 0.6) is 0 Å². The third-order valence-corrected chi connectivity index (χ3v) is 6.09. The molecule has 2 aromatic heterocycles. The second kappa shape index (κ2) is 5.38. The average Bonchev–Trinajstić information content (AvgIpc) is 3.08. The summed E-state index contributed by atoms with van der Waals surface area (Å²) in [5.74, 6) is -0.517. The SMILES string of the molecule is CN(Cc1cccs1)S(=O)(=O)c1ccc2c(c1)oc(=O)n2C. The molecule has 0 amide bonds. The lowest BCUT2D eigenvalue weighted by Crippen LogP contribution is -2.26. The van der Waals surface area contributed by atoms with E-state index < -0.39 is 15.8 Å². The molecule has 1 aromatic carbocycles. The smallest absolute Gasteiger partial charge is 0.408 e. The van der Waals surface area contributed by atoms with Crippen molar-refractivity contribution in [2.75, 3.05) is 7.05 Å². The van der Waals surface area contributed by atoms with Gasteiger partial charge in [0.15, 0.2) is 5.58 Å². The van der Waals surface area contributed by atoms with E-state index in [-0.39, 0.29) is 10.5 Å². The fraction of sp³-hybridized carbons (Fsp3) is 0.214. The van der Waals surface area contributed by atoms with Crippen molar-refractivity contribution in [1.29, 1.82) is 0 Å². The Morgan fingerprint density at radius 1 is 1.32 bits per heavy atom. The number of oxazole rings is 1. The molecule has 3 aromatic rings. The maximum Gasteiger partial charge on any atom is 0.419 e. The van der Waals surface area contributed by atoms with Gasteiger partial charge < -0.3 is 4.42 Å². The average molecular weight is 338 g/mol. The molecule has 0 aliphatic carbocycles. The molecule has 116 valence electrons. The van der Waals surface area contributed by atoms with E-state index in [0.717, 1.165) is 4.88 Å². The molecule has 0 saturated carbocycles. The number of benzene rings is 1. The number of aryl methyl sites for hydroxylation is 1. The monoisotopic (exact) mass is 338 g/mol. The molecule has 2 heterocycles. The molecule has 3 rings (SSSR count). The van der Waals surface area contributed by atoms with Gasteiger partial charge in [0, 0.05) is 31.6 Å². The molecule has 0 unspecified atom stereocenters. The number of thiophene rings is 1. The Morgan fingerprint density at radius 3 is 2.77 bits per heavy atom. The van der Waals surface area contributed by atoms with Crippen LogP contribution in [0.1, 0.15) is 4.88 Å². The minimum absolute atomic E-state index is 0.105. The molecule has 0 atom stereocenters. The standard InChI is InChI=1S/C14H14N2O4S2/c1-15(9-10-4-3-7-21-10)22(18,19)11-5-6-12-13(8-11)20-14(17)16(12)2/h3-8H,9H2,1-2H3. The number of nitrogens with zero attached hydrogens (tertiary/aromatic N) is 2. The minimum atomic E-state index is -3.64. The van der Waals surface area contributed by atoms with E-state index in [2.05, 4.69) is 0 Å². The summed E-state index contributed by atoms with van der Waals surface area (Å²) in [4.78, 5) is 12.5. The van der Waals surface area contributed by atoms with Gasteiger partial charge in [-0.1, -0.05) is 6.07 Å². The van der Waals surface area contributed by atoms with Gasteiger partial charge in [-0.3, -0.25) is 4.57 Å². The molecule has 6 nitrogen and oxygen atoms in total. The van der Waals surface area contributed by atoms with Crippen LogP contribution in [0.4, 0.5) is 0 Å². The molecule has 0 N–H and O–H groups in total. The molecule has 0 aliphatic rings. The number of aromatic nitrogens is 1. The summed E-state index contributed by atoms with van der Waals surface area (Å²) in [5, 5.41) is 1.90. The van der Waals surface area contributed by atoms with Gasteiger partial charge in [-0.25, -0.2) is 13.2 Å². The summed E-state index contributed by atoms with van der Waals surface area (Å²) in [6.07, 6.45) is 0. The maximum absolute atomic E-state index is 12.6. The zero-order valence-electron chi connectivity index (χ0n) is 12.0. The van der Waals surface area contributed by atoms with E-state index in [9.17, 15) is 13.2 Å². The first kappa shape index (κ1) is 15.0. The summed E-state index contributed by atoms with van der Waals surface area (Å²) >= 11 is 1.50. The lowest BCUT2D eigenvalue weighted by molar-refractivity contribution is 0.469. The van der Waals surface area contributed by atoms with E-state index in [1.165, 1.54) is 39.4 Å². The second-order valence-electron chi connectivity index (χ2n) is 4.90. The Morgan fingerprint density at radius 2 is 2.09 bits per heavy atom. The molecule has 22 heavy (non-hydrogen) atoms. The first-order valence-corrected chi connectivity index (χ1v) is 8.80. The Hall–Kier alpha value is -1.90. The van der Waals surface area contributed by atoms with Crippen molar-refractivity contribution in [3.63, 3.8) is 0 Å². The van der Waals surface area contributed by atoms with E-state index in [4.69, 9.17) is 4.42 Å². The highest BCUT2D eigenvalue weighted by Gasteiger charge is 2.22. The highest BCUT2D eigenvalue weighted by atomic mass is 32.2. The third-order valence-electron chi connectivity index (χ3n) is 3.43. The molecular formula is C14H14N2O4S2. The summed E-state index contributed by atoms with van der Waals surface area (Å²) in [6, 6.07) is 8.21. The minimum Gasteiger partial charge on any atom is -0.408 e. The van der Waals surface area contributed by atoms with Crippen LogP contribution in [0.3, 0.4) is 0 Å². The predicted molar refractivity (Wildman–Crippen MR) is 84.4 cm³/mol. The van der Waals surface area contributed by atoms with Crippen molar-refractivity contribution < 1.29 is 12.8 Å². The van der Waals surface area contributed by atoms with E-state index in [0.29, 0.717) is 12.1 Å². The van der Waals surface area contributed by atoms with Gasteiger partial charge in [-0.15, -0.1) is 11.3 Å². The van der Waals surface area contributed by atoms with Crippen LogP contribution in [-0.2, 0) is 23.6 Å². The second-order valence-corrected chi connectivity index (χ2v) is 7.97. The number of fused-ring (bicyclic) bond motifs is 1. The zero-order valence-corrected chi connectivity index (χ0v) is 13.6. The van der Waals surface area contributed by atoms with Crippen LogP contribution >= 0.6 is 11.3 Å². The largest absolute Gasteiger partial charge is 0.419 e. The fourth-order valence-corrected chi connectivity index (χ4v) is 4.17. The molecule has 0 saturated heterocycles. The molecule has 0 radical (unpaired) electrons. The zero-order chi connectivity index (χ0) is 15.9. The fourth-order valence-electron chi connectivity index (χ4n) is 2.16. The lowest BCUT2D eigenvalue weighted by atomic mass is 10.3. The van der Waals surface area contributed by atoms with Crippen LogP contribution in [0.25, 0.3) is 11.1 Å². The first-order valence-electron chi connectivity index (χ1n) is 6.48. The van der Waals surface area contributed by atoms with Crippen molar-refractivity contribution in [2.24, 2.45) is 7.05 Å². The summed E-state index contributed by atoms with van der Waals surface area (Å²) in [6.45, 7) is 0.302. The number of rotatable bonds is 4. The Bertz CT molecular complexity index is 968. The Labute approximate surface area is 131 Å². The number of hydrogen-bond acceptors (Lipinski definition) is 5. The lowest BCUT2D eigenvalue weighted by Gasteiger charge is -2.16. The van der Waals surface area contributed by atoms with Gasteiger partial charge in [-0.05, 0) is 23.6 Å². The number of sulfonamides is 1. The van der Waals surface area contributed by atoms with Crippen molar-refractivity contribution in [1.82, 2.24) is 8.87 Å². The maximum atomic E-state index is 12.6. The molecule has 8 heteroatoms. The Kier molecular flexibility index (Phi) is 3.67. The van der Waals surface area contributed by atoms with E-state index in [1.54, 1.807) is 13.1 Å². The van der Waals surface area contributed by atoms with Gasteiger partial charge in [0.05, 0.1) is 10.4 Å². The first-order chi connectivity index (χ1) is 10.4. The van der Waals surface area contributed by atoms with Crippen LogP contribution in [0.2, 0.25) is 0 Å². The molecule has 0 fully saturated rings. The van der Waals surface area contributed by atoms with Crippen LogP contribution in [0.15, 0.2) is 49.8 Å². The van der Waals surface area contributed by atoms with Gasteiger partial charge >= 0.3 is 5.76 Å². The van der Waals surface area contributed by atoms with Crippen LogP contribution < -0.4 is 5.76 Å². The van der Waals surface area contributed by atoms with E-state index in [1.807, 2.05) is 17.5 Å². The van der Waals surface area contributed by atoms with Crippen LogP contribution in [0, 0.1) is 0 Å². The van der Waals surface area contributed by atoms with Crippen molar-refractivity contribution in [3.8, 4) is 0 Å². The topological polar surface area (TPSA) is 72.5 Å². The van der Waals surface area contributed by atoms with Crippen molar-refractivity contribution >= 4 is 32.5 Å². The predicted octanol–water partition coefficient (Wildman–Crippen LogP) is 2.01. The van der Waals surface area contributed by atoms with Crippen molar-refractivity contribution in [2.45, 2.75) is 11.4 Å². The normalized spacial score (nSPS) is 12.3. The summed E-state index contributed by atoms with van der Waals surface area (Å²) in [7, 11) is -0.539. The van der Waals surface area contributed by atoms with Gasteiger partial charge in [-0.2, -0.15) is 4.31 Å². The van der Waals surface area contributed by atoms with Crippen LogP contribution in [-0.4, -0.2) is 24.3 Å².